The molecule has 1 amide bonds. The van der Waals surface area contributed by atoms with Gasteiger partial charge in [-0.1, -0.05) is 34.1 Å². The van der Waals surface area contributed by atoms with E-state index in [0.29, 0.717) is 28.2 Å². The second-order valence-corrected chi connectivity index (χ2v) is 9.75. The van der Waals surface area contributed by atoms with Crippen molar-refractivity contribution >= 4 is 50.5 Å². The van der Waals surface area contributed by atoms with Crippen LogP contribution < -0.4 is 14.8 Å². The molecule has 0 unspecified atom stereocenters. The number of ether oxygens (including phenoxy) is 2. The fourth-order valence-corrected chi connectivity index (χ4v) is 4.55. The fourth-order valence-electron chi connectivity index (χ4n) is 3.48. The Labute approximate surface area is 216 Å². The van der Waals surface area contributed by atoms with Gasteiger partial charge in [0.05, 0.1) is 17.2 Å². The topological polar surface area (TPSA) is 59.9 Å². The number of rotatable bonds is 7. The lowest BCUT2D eigenvalue weighted by Crippen LogP contribution is -2.19. The van der Waals surface area contributed by atoms with Gasteiger partial charge in [-0.25, -0.2) is 9.38 Å². The number of aliphatic imine (C=N–C) groups is 1. The van der Waals surface area contributed by atoms with E-state index in [9.17, 15) is 9.18 Å². The van der Waals surface area contributed by atoms with Crippen molar-refractivity contribution in [2.45, 2.75) is 27.4 Å². The van der Waals surface area contributed by atoms with Crippen molar-refractivity contribution in [3.63, 3.8) is 0 Å². The van der Waals surface area contributed by atoms with Gasteiger partial charge in [-0.15, -0.1) is 0 Å². The number of aryl methyl sites for hydroxylation is 2. The second kappa shape index (κ2) is 11.1. The summed E-state index contributed by atoms with van der Waals surface area (Å²) in [6.45, 7) is 6.66. The summed E-state index contributed by atoms with van der Waals surface area (Å²) in [5, 5.41) is 3.37. The van der Waals surface area contributed by atoms with Gasteiger partial charge in [0.25, 0.3) is 5.91 Å². The minimum atomic E-state index is -0.287. The second-order valence-electron chi connectivity index (χ2n) is 7.93. The number of hydrogen-bond acceptors (Lipinski definition) is 5. The molecule has 1 heterocycles. The Balaban J connectivity index is 1.51. The van der Waals surface area contributed by atoms with Crippen molar-refractivity contribution in [1.29, 1.82) is 0 Å². The zero-order valence-corrected chi connectivity index (χ0v) is 21.9. The van der Waals surface area contributed by atoms with E-state index in [-0.39, 0.29) is 18.3 Å². The van der Waals surface area contributed by atoms with Crippen LogP contribution in [-0.2, 0) is 11.4 Å². The van der Waals surface area contributed by atoms with Crippen molar-refractivity contribution in [2.75, 3.05) is 6.61 Å². The quantitative estimate of drug-likeness (QED) is 0.317. The number of amidine groups is 1. The van der Waals surface area contributed by atoms with E-state index in [0.717, 1.165) is 32.4 Å². The molecule has 1 fully saturated rings. The first-order chi connectivity index (χ1) is 16.8. The van der Waals surface area contributed by atoms with Crippen LogP contribution in [-0.4, -0.2) is 17.7 Å². The highest BCUT2D eigenvalue weighted by atomic mass is 79.9. The summed E-state index contributed by atoms with van der Waals surface area (Å²) in [5.74, 6) is 0.659. The zero-order chi connectivity index (χ0) is 24.9. The van der Waals surface area contributed by atoms with Crippen molar-refractivity contribution in [3.8, 4) is 11.5 Å². The Hall–Kier alpha value is -3.10. The summed E-state index contributed by atoms with van der Waals surface area (Å²) >= 11 is 4.86. The largest absolute Gasteiger partial charge is 0.490 e. The summed E-state index contributed by atoms with van der Waals surface area (Å²) in [6, 6.07) is 15.6. The van der Waals surface area contributed by atoms with Crippen molar-refractivity contribution in [1.82, 2.24) is 5.32 Å². The van der Waals surface area contributed by atoms with E-state index < -0.39 is 0 Å². The highest BCUT2D eigenvalue weighted by Gasteiger charge is 2.24. The molecule has 1 aliphatic rings. The number of nitrogens with zero attached hydrogens (tertiary/aromatic N) is 1. The van der Waals surface area contributed by atoms with Gasteiger partial charge >= 0.3 is 0 Å². The summed E-state index contributed by atoms with van der Waals surface area (Å²) in [5.41, 5.74) is 4.60. The molecular weight excluding hydrogens is 531 g/mol. The Morgan fingerprint density at radius 3 is 2.43 bits per heavy atom. The number of nitrogens with one attached hydrogen (secondary N) is 1. The molecule has 0 bridgehead atoms. The first kappa shape index (κ1) is 25.0. The van der Waals surface area contributed by atoms with Gasteiger partial charge in [0.2, 0.25) is 0 Å². The third kappa shape index (κ3) is 6.32. The number of thioether (sulfide) groups is 1. The van der Waals surface area contributed by atoms with Crippen LogP contribution in [0.5, 0.6) is 11.5 Å². The van der Waals surface area contributed by atoms with Crippen molar-refractivity contribution in [3.05, 3.63) is 92.0 Å². The number of amides is 1. The Kier molecular flexibility index (Phi) is 7.93. The lowest BCUT2D eigenvalue weighted by molar-refractivity contribution is -0.115. The first-order valence-corrected chi connectivity index (χ1v) is 12.6. The van der Waals surface area contributed by atoms with Crippen LogP contribution >= 0.6 is 27.7 Å². The van der Waals surface area contributed by atoms with E-state index in [1.54, 1.807) is 24.3 Å². The molecule has 0 saturated carbocycles. The maximum atomic E-state index is 13.1. The van der Waals surface area contributed by atoms with Crippen LogP contribution in [0.1, 0.15) is 29.2 Å². The highest BCUT2D eigenvalue weighted by Crippen LogP contribution is 2.34. The van der Waals surface area contributed by atoms with Crippen LogP contribution in [0.3, 0.4) is 0 Å². The average molecular weight is 555 g/mol. The van der Waals surface area contributed by atoms with Gasteiger partial charge in [0.15, 0.2) is 16.7 Å². The molecule has 1 saturated heterocycles. The Bertz CT molecular complexity index is 1300. The smallest absolute Gasteiger partial charge is 0.264 e. The van der Waals surface area contributed by atoms with Gasteiger partial charge in [0.1, 0.15) is 12.4 Å². The van der Waals surface area contributed by atoms with Crippen LogP contribution in [0.15, 0.2) is 69.0 Å². The maximum absolute atomic E-state index is 13.1. The van der Waals surface area contributed by atoms with Gasteiger partial charge in [-0.05, 0) is 97.3 Å². The molecule has 3 aromatic carbocycles. The van der Waals surface area contributed by atoms with Crippen LogP contribution in [0.25, 0.3) is 6.08 Å². The molecule has 0 aromatic heterocycles. The fraction of sp³-hybridized carbons (Fsp3) is 0.185. The molecule has 180 valence electrons. The molecule has 0 atom stereocenters. The number of benzene rings is 3. The zero-order valence-electron chi connectivity index (χ0n) is 19.5. The van der Waals surface area contributed by atoms with Gasteiger partial charge in [0, 0.05) is 4.47 Å². The molecule has 3 aromatic rings. The Morgan fingerprint density at radius 2 is 1.74 bits per heavy atom. The molecule has 35 heavy (non-hydrogen) atoms. The number of carbonyl (C=O) groups excluding carboxylic acids is 1. The predicted molar refractivity (Wildman–Crippen MR) is 143 cm³/mol. The monoisotopic (exact) mass is 554 g/mol. The summed E-state index contributed by atoms with van der Waals surface area (Å²) < 4.78 is 25.8. The average Bonchev–Trinajstić information content (AvgIpc) is 3.16. The molecule has 1 aliphatic heterocycles. The summed E-state index contributed by atoms with van der Waals surface area (Å²) in [4.78, 5) is 17.7. The standard InChI is InChI=1S/C27H24BrFN2O3S/c1-4-33-23-13-19(7-10-22(23)34-15-18-5-8-20(29)9-6-18)14-24-26(32)31-27(35-24)30-21-11-16(2)25(28)17(3)12-21/h5-14H,4,15H2,1-3H3,(H,30,31,32)/b24-14-. The summed E-state index contributed by atoms with van der Waals surface area (Å²) in [6.07, 6.45) is 1.80. The molecule has 0 spiro atoms. The highest BCUT2D eigenvalue weighted by molar-refractivity contribution is 9.10. The number of carbonyl (C=O) groups is 1. The molecule has 8 heteroatoms. The van der Waals surface area contributed by atoms with E-state index >= 15 is 0 Å². The van der Waals surface area contributed by atoms with Crippen LogP contribution in [0.2, 0.25) is 0 Å². The summed E-state index contributed by atoms with van der Waals surface area (Å²) in [7, 11) is 0. The van der Waals surface area contributed by atoms with Crippen molar-refractivity contribution in [2.24, 2.45) is 4.99 Å². The van der Waals surface area contributed by atoms with Gasteiger partial charge in [-0.2, -0.15) is 0 Å². The van der Waals surface area contributed by atoms with Gasteiger partial charge < -0.3 is 14.8 Å². The molecule has 0 aliphatic carbocycles. The minimum absolute atomic E-state index is 0.200. The normalized spacial score (nSPS) is 15.5. The predicted octanol–water partition coefficient (Wildman–Crippen LogP) is 7.07. The molecule has 5 nitrogen and oxygen atoms in total. The third-order valence-corrected chi connectivity index (χ3v) is 7.34. The molecule has 4 rings (SSSR count). The van der Waals surface area contributed by atoms with E-state index in [2.05, 4.69) is 26.2 Å². The van der Waals surface area contributed by atoms with E-state index in [1.807, 2.05) is 45.0 Å². The molecule has 1 N–H and O–H groups in total. The minimum Gasteiger partial charge on any atom is -0.490 e. The number of halogens is 2. The first-order valence-electron chi connectivity index (χ1n) is 11.0. The van der Waals surface area contributed by atoms with Crippen LogP contribution in [0.4, 0.5) is 10.1 Å². The Morgan fingerprint density at radius 1 is 1.03 bits per heavy atom. The van der Waals surface area contributed by atoms with Crippen molar-refractivity contribution < 1.29 is 18.7 Å². The maximum Gasteiger partial charge on any atom is 0.264 e. The van der Waals surface area contributed by atoms with E-state index in [4.69, 9.17) is 9.47 Å². The van der Waals surface area contributed by atoms with Crippen LogP contribution in [0, 0.1) is 19.7 Å². The lowest BCUT2D eigenvalue weighted by Gasteiger charge is -2.13. The SMILES string of the molecule is CCOc1cc(/C=C2\SC(=Nc3cc(C)c(Br)c(C)c3)NC2=O)ccc1OCc1ccc(F)cc1. The number of hydrogen-bond donors (Lipinski definition) is 1. The lowest BCUT2D eigenvalue weighted by atomic mass is 10.1. The molecule has 0 radical (unpaired) electrons. The van der Waals surface area contributed by atoms with E-state index in [1.165, 1.54) is 23.9 Å². The third-order valence-electron chi connectivity index (χ3n) is 5.18. The molecular formula is C27H24BrFN2O3S. The van der Waals surface area contributed by atoms with Gasteiger partial charge in [-0.3, -0.25) is 4.79 Å².